The average molecular weight is 302 g/mol. The lowest BCUT2D eigenvalue weighted by Gasteiger charge is -2.08. The van der Waals surface area contributed by atoms with Crippen LogP contribution in [0.2, 0.25) is 0 Å². The molecule has 2 aromatic rings. The molecular weight excluding hydrogens is 284 g/mol. The molecule has 1 fully saturated rings. The Balaban J connectivity index is 1.78. The summed E-state index contributed by atoms with van der Waals surface area (Å²) in [5.74, 6) is 0.0773. The van der Waals surface area contributed by atoms with Crippen molar-refractivity contribution in [3.8, 4) is 0 Å². The van der Waals surface area contributed by atoms with Crippen molar-refractivity contribution in [1.82, 2.24) is 4.98 Å². The fourth-order valence-electron chi connectivity index (χ4n) is 2.01. The van der Waals surface area contributed by atoms with Crippen LogP contribution in [0.15, 0.2) is 18.2 Å². The highest BCUT2D eigenvalue weighted by molar-refractivity contribution is 7.18. The summed E-state index contributed by atoms with van der Waals surface area (Å²) in [5.41, 5.74) is 8.79. The number of nitrogens with two attached hydrogens (primary N) is 1. The average Bonchev–Trinajstić information content (AvgIpc) is 3.16. The summed E-state index contributed by atoms with van der Waals surface area (Å²) in [7, 11) is 0. The molecule has 1 heterocycles. The van der Waals surface area contributed by atoms with Gasteiger partial charge in [0.15, 0.2) is 5.13 Å². The van der Waals surface area contributed by atoms with E-state index in [1.807, 2.05) is 32.0 Å². The number of nitrogens with zero attached hydrogens (tertiary/aromatic N) is 1. The molecule has 0 unspecified atom stereocenters. The molecule has 0 bridgehead atoms. The first-order valence-electron chi connectivity index (χ1n) is 6.94. The second-order valence-electron chi connectivity index (χ2n) is 5.42. The van der Waals surface area contributed by atoms with Gasteiger partial charge in [-0.2, -0.15) is 0 Å². The van der Waals surface area contributed by atoms with Gasteiger partial charge < -0.3 is 16.4 Å². The molecular formula is C15H18N4OS. The summed E-state index contributed by atoms with van der Waals surface area (Å²) in [4.78, 5) is 17.0. The van der Waals surface area contributed by atoms with Gasteiger partial charge in [0.05, 0.1) is 0 Å². The molecule has 1 amide bonds. The first kappa shape index (κ1) is 13.9. The van der Waals surface area contributed by atoms with Gasteiger partial charge in [0, 0.05) is 11.7 Å². The minimum atomic E-state index is -0.206. The molecule has 4 N–H and O–H groups in total. The van der Waals surface area contributed by atoms with Gasteiger partial charge >= 0.3 is 0 Å². The normalized spacial score (nSPS) is 14.0. The zero-order chi connectivity index (χ0) is 15.0. The van der Waals surface area contributed by atoms with Gasteiger partial charge in [-0.15, -0.1) is 0 Å². The maximum absolute atomic E-state index is 12.4. The van der Waals surface area contributed by atoms with Gasteiger partial charge in [-0.3, -0.25) is 4.79 Å². The molecule has 3 rings (SSSR count). The number of rotatable bonds is 4. The fourth-order valence-corrected chi connectivity index (χ4v) is 2.87. The Hall–Kier alpha value is -2.08. The van der Waals surface area contributed by atoms with Crippen LogP contribution >= 0.6 is 11.3 Å². The van der Waals surface area contributed by atoms with Crippen molar-refractivity contribution in [2.24, 2.45) is 0 Å². The monoisotopic (exact) mass is 302 g/mol. The number of aryl methyl sites for hydroxylation is 2. The first-order valence-corrected chi connectivity index (χ1v) is 7.76. The number of benzene rings is 1. The third kappa shape index (κ3) is 3.16. The Morgan fingerprint density at radius 2 is 2.14 bits per heavy atom. The van der Waals surface area contributed by atoms with E-state index in [9.17, 15) is 4.79 Å². The van der Waals surface area contributed by atoms with Gasteiger partial charge in [0.1, 0.15) is 10.7 Å². The molecule has 0 atom stereocenters. The topological polar surface area (TPSA) is 80.0 Å². The Kier molecular flexibility index (Phi) is 3.55. The molecule has 1 aromatic heterocycles. The van der Waals surface area contributed by atoms with E-state index in [-0.39, 0.29) is 11.7 Å². The van der Waals surface area contributed by atoms with Crippen LogP contribution < -0.4 is 16.4 Å². The third-order valence-corrected chi connectivity index (χ3v) is 4.41. The number of thiazole rings is 1. The van der Waals surface area contributed by atoms with Crippen molar-refractivity contribution in [2.75, 3.05) is 16.4 Å². The lowest BCUT2D eigenvalue weighted by atomic mass is 10.1. The molecule has 1 saturated carbocycles. The molecule has 0 aliphatic heterocycles. The van der Waals surface area contributed by atoms with E-state index in [0.717, 1.165) is 34.8 Å². The predicted molar refractivity (Wildman–Crippen MR) is 87.0 cm³/mol. The van der Waals surface area contributed by atoms with Crippen molar-refractivity contribution >= 4 is 33.9 Å². The third-order valence-electron chi connectivity index (χ3n) is 3.41. The molecule has 1 aromatic carbocycles. The molecule has 5 nitrogen and oxygen atoms in total. The highest BCUT2D eigenvalue weighted by Crippen LogP contribution is 2.31. The number of amides is 1. The highest BCUT2D eigenvalue weighted by atomic mass is 32.1. The molecule has 21 heavy (non-hydrogen) atoms. The zero-order valence-corrected chi connectivity index (χ0v) is 12.9. The van der Waals surface area contributed by atoms with Crippen LogP contribution in [0, 0.1) is 13.8 Å². The number of hydrogen-bond acceptors (Lipinski definition) is 5. The summed E-state index contributed by atoms with van der Waals surface area (Å²) in [6.45, 7) is 3.96. The number of carbonyl (C=O) groups excluding carboxylic acids is 1. The van der Waals surface area contributed by atoms with E-state index < -0.39 is 0 Å². The number of anilines is 3. The quantitative estimate of drug-likeness (QED) is 0.810. The maximum atomic E-state index is 12.4. The van der Waals surface area contributed by atoms with Gasteiger partial charge in [-0.05, 0) is 43.9 Å². The molecule has 1 aliphatic carbocycles. The van der Waals surface area contributed by atoms with Crippen LogP contribution in [0.5, 0.6) is 0 Å². The molecule has 1 aliphatic rings. The first-order chi connectivity index (χ1) is 10.0. The molecule has 0 saturated heterocycles. The van der Waals surface area contributed by atoms with Crippen LogP contribution in [0.25, 0.3) is 0 Å². The zero-order valence-electron chi connectivity index (χ0n) is 12.1. The number of hydrogen-bond donors (Lipinski definition) is 3. The summed E-state index contributed by atoms with van der Waals surface area (Å²) >= 11 is 1.31. The van der Waals surface area contributed by atoms with Crippen LogP contribution in [-0.4, -0.2) is 16.9 Å². The summed E-state index contributed by atoms with van der Waals surface area (Å²) in [5, 5.41) is 6.90. The maximum Gasteiger partial charge on any atom is 0.269 e. The molecule has 0 radical (unpaired) electrons. The van der Waals surface area contributed by atoms with E-state index in [1.54, 1.807) is 0 Å². The Bertz CT molecular complexity index is 691. The Morgan fingerprint density at radius 3 is 2.86 bits per heavy atom. The largest absolute Gasteiger partial charge is 0.382 e. The summed E-state index contributed by atoms with van der Waals surface area (Å²) < 4.78 is 0. The van der Waals surface area contributed by atoms with E-state index >= 15 is 0 Å². The van der Waals surface area contributed by atoms with E-state index in [0.29, 0.717) is 10.9 Å². The van der Waals surface area contributed by atoms with E-state index in [2.05, 4.69) is 15.6 Å². The van der Waals surface area contributed by atoms with Crippen molar-refractivity contribution in [1.29, 1.82) is 0 Å². The molecule has 110 valence electrons. The lowest BCUT2D eigenvalue weighted by molar-refractivity contribution is 0.103. The molecule has 6 heteroatoms. The standard InChI is InChI=1S/C15H18N4OS/c1-8-3-4-9(2)11(7-8)18-14(20)12-13(16)19-15(21-12)17-10-5-6-10/h3-4,7,10H,5-6,16H2,1-2H3,(H,17,19)(H,18,20). The Morgan fingerprint density at radius 1 is 1.38 bits per heavy atom. The van der Waals surface area contributed by atoms with Crippen LogP contribution in [0.1, 0.15) is 33.6 Å². The minimum Gasteiger partial charge on any atom is -0.382 e. The van der Waals surface area contributed by atoms with Crippen molar-refractivity contribution < 1.29 is 4.79 Å². The van der Waals surface area contributed by atoms with E-state index in [1.165, 1.54) is 11.3 Å². The van der Waals surface area contributed by atoms with Gasteiger partial charge in [0.25, 0.3) is 5.91 Å². The van der Waals surface area contributed by atoms with Gasteiger partial charge in [-0.1, -0.05) is 23.5 Å². The van der Waals surface area contributed by atoms with Crippen molar-refractivity contribution in [2.45, 2.75) is 32.7 Å². The second-order valence-corrected chi connectivity index (χ2v) is 6.42. The number of nitrogen functional groups attached to an aromatic ring is 1. The smallest absolute Gasteiger partial charge is 0.269 e. The van der Waals surface area contributed by atoms with E-state index in [4.69, 9.17) is 5.73 Å². The summed E-state index contributed by atoms with van der Waals surface area (Å²) in [6.07, 6.45) is 2.31. The van der Waals surface area contributed by atoms with Crippen LogP contribution in [0.3, 0.4) is 0 Å². The van der Waals surface area contributed by atoms with Crippen molar-refractivity contribution in [3.05, 3.63) is 34.2 Å². The molecule has 0 spiro atoms. The second kappa shape index (κ2) is 5.37. The summed E-state index contributed by atoms with van der Waals surface area (Å²) in [6, 6.07) is 6.45. The predicted octanol–water partition coefficient (Wildman–Crippen LogP) is 3.17. The van der Waals surface area contributed by atoms with Crippen LogP contribution in [-0.2, 0) is 0 Å². The lowest BCUT2D eigenvalue weighted by Crippen LogP contribution is -2.13. The van der Waals surface area contributed by atoms with Gasteiger partial charge in [-0.25, -0.2) is 4.98 Å². The fraction of sp³-hybridized carbons (Fsp3) is 0.333. The number of nitrogens with one attached hydrogen (secondary N) is 2. The number of aromatic nitrogens is 1. The minimum absolute atomic E-state index is 0.206. The van der Waals surface area contributed by atoms with Crippen molar-refractivity contribution in [3.63, 3.8) is 0 Å². The SMILES string of the molecule is Cc1ccc(C)c(NC(=O)c2sc(NC3CC3)nc2N)c1. The van der Waals surface area contributed by atoms with Gasteiger partial charge in [0.2, 0.25) is 0 Å². The van der Waals surface area contributed by atoms with Crippen LogP contribution in [0.4, 0.5) is 16.6 Å². The Labute approximate surface area is 127 Å². The highest BCUT2D eigenvalue weighted by Gasteiger charge is 2.24. The number of carbonyl (C=O) groups is 1.